The maximum absolute atomic E-state index is 11.7. The fourth-order valence-electron chi connectivity index (χ4n) is 2.22. The second-order valence-electron chi connectivity index (χ2n) is 5.94. The Morgan fingerprint density at radius 3 is 2.70 bits per heavy atom. The first-order valence-electron chi connectivity index (χ1n) is 7.28. The Labute approximate surface area is 120 Å². The van der Waals surface area contributed by atoms with E-state index in [1.807, 2.05) is 13.8 Å². The third kappa shape index (κ3) is 7.33. The third-order valence-electron chi connectivity index (χ3n) is 3.44. The van der Waals surface area contributed by atoms with Crippen molar-refractivity contribution in [2.75, 3.05) is 13.2 Å². The second-order valence-corrected chi connectivity index (χ2v) is 5.94. The molecule has 1 atom stereocenters. The normalized spacial score (nSPS) is 19.4. The molecule has 0 aromatic heterocycles. The van der Waals surface area contributed by atoms with E-state index >= 15 is 0 Å². The van der Waals surface area contributed by atoms with Gasteiger partial charge in [-0.15, -0.1) is 0 Å². The number of nitrogens with one attached hydrogen (secondary N) is 2. The van der Waals surface area contributed by atoms with Gasteiger partial charge in [0.2, 0.25) is 0 Å². The minimum atomic E-state index is -0.852. The van der Waals surface area contributed by atoms with Gasteiger partial charge in [-0.05, 0) is 46.0 Å². The maximum Gasteiger partial charge on any atom is 0.315 e. The number of carbonyl (C=O) groups excluding carboxylic acids is 1. The van der Waals surface area contributed by atoms with E-state index in [1.54, 1.807) is 0 Å². The van der Waals surface area contributed by atoms with Crippen LogP contribution in [0.5, 0.6) is 0 Å². The van der Waals surface area contributed by atoms with Crippen LogP contribution in [0.15, 0.2) is 0 Å². The smallest absolute Gasteiger partial charge is 0.315 e. The molecule has 2 amide bonds. The Morgan fingerprint density at radius 2 is 2.10 bits per heavy atom. The molecule has 6 heteroatoms. The third-order valence-corrected chi connectivity index (χ3v) is 3.44. The van der Waals surface area contributed by atoms with Crippen molar-refractivity contribution in [3.8, 4) is 0 Å². The number of hydrogen-bond donors (Lipinski definition) is 3. The maximum atomic E-state index is 11.7. The van der Waals surface area contributed by atoms with Gasteiger partial charge in [0.25, 0.3) is 0 Å². The highest BCUT2D eigenvalue weighted by atomic mass is 16.5. The van der Waals surface area contributed by atoms with Gasteiger partial charge in [0.1, 0.15) is 0 Å². The standard InChI is InChI=1S/C14H26N2O4/c1-14(2,8-6-12(17)18)16-13(19)15-9-7-11-5-3-4-10-20-11/h11H,3-10H2,1-2H3,(H,17,18)(H2,15,16,19). The summed E-state index contributed by atoms with van der Waals surface area (Å²) in [6.07, 6.45) is 4.91. The van der Waals surface area contributed by atoms with Crippen molar-refractivity contribution >= 4 is 12.0 Å². The van der Waals surface area contributed by atoms with Gasteiger partial charge >= 0.3 is 12.0 Å². The fourth-order valence-corrected chi connectivity index (χ4v) is 2.22. The van der Waals surface area contributed by atoms with Gasteiger partial charge in [0.05, 0.1) is 6.10 Å². The van der Waals surface area contributed by atoms with Crippen LogP contribution in [-0.2, 0) is 9.53 Å². The molecule has 1 rings (SSSR count). The lowest BCUT2D eigenvalue weighted by molar-refractivity contribution is -0.137. The molecule has 0 spiro atoms. The first-order chi connectivity index (χ1) is 9.39. The van der Waals surface area contributed by atoms with Crippen LogP contribution in [0.25, 0.3) is 0 Å². The van der Waals surface area contributed by atoms with Gasteiger partial charge in [-0.1, -0.05) is 0 Å². The van der Waals surface area contributed by atoms with E-state index in [-0.39, 0.29) is 18.6 Å². The number of rotatable bonds is 7. The van der Waals surface area contributed by atoms with E-state index in [1.165, 1.54) is 6.42 Å². The SMILES string of the molecule is CC(C)(CCC(=O)O)NC(=O)NCCC1CCCCO1. The molecule has 1 unspecified atom stereocenters. The minimum Gasteiger partial charge on any atom is -0.481 e. The van der Waals surface area contributed by atoms with E-state index in [0.717, 1.165) is 25.9 Å². The Hall–Kier alpha value is -1.30. The molecule has 3 N–H and O–H groups in total. The van der Waals surface area contributed by atoms with Gasteiger partial charge in [0, 0.05) is 25.1 Å². The Kier molecular flexibility index (Phi) is 6.78. The van der Waals surface area contributed by atoms with E-state index in [2.05, 4.69) is 10.6 Å². The molecular formula is C14H26N2O4. The van der Waals surface area contributed by atoms with E-state index in [9.17, 15) is 9.59 Å². The van der Waals surface area contributed by atoms with Crippen LogP contribution in [-0.4, -0.2) is 41.9 Å². The fraction of sp³-hybridized carbons (Fsp3) is 0.857. The number of carboxylic acids is 1. The van der Waals surface area contributed by atoms with Crippen molar-refractivity contribution in [3.05, 3.63) is 0 Å². The predicted octanol–water partition coefficient (Wildman–Crippen LogP) is 1.89. The van der Waals surface area contributed by atoms with Crippen molar-refractivity contribution in [2.24, 2.45) is 0 Å². The molecule has 0 saturated carbocycles. The zero-order chi connectivity index (χ0) is 15.0. The van der Waals surface area contributed by atoms with Crippen LogP contribution in [0.4, 0.5) is 4.79 Å². The number of hydrogen-bond acceptors (Lipinski definition) is 3. The summed E-state index contributed by atoms with van der Waals surface area (Å²) in [7, 11) is 0. The number of aliphatic carboxylic acids is 1. The summed E-state index contributed by atoms with van der Waals surface area (Å²) in [6.45, 7) is 5.03. The van der Waals surface area contributed by atoms with E-state index in [4.69, 9.17) is 9.84 Å². The number of urea groups is 1. The van der Waals surface area contributed by atoms with Crippen LogP contribution in [0.3, 0.4) is 0 Å². The first-order valence-corrected chi connectivity index (χ1v) is 7.28. The molecule has 0 aliphatic carbocycles. The van der Waals surface area contributed by atoms with Crippen molar-refractivity contribution in [1.29, 1.82) is 0 Å². The van der Waals surface area contributed by atoms with Crippen LogP contribution < -0.4 is 10.6 Å². The lowest BCUT2D eigenvalue weighted by Crippen LogP contribution is -2.49. The molecule has 0 bridgehead atoms. The van der Waals surface area contributed by atoms with E-state index in [0.29, 0.717) is 13.0 Å². The van der Waals surface area contributed by atoms with Gasteiger partial charge in [-0.2, -0.15) is 0 Å². The molecular weight excluding hydrogens is 260 g/mol. The summed E-state index contributed by atoms with van der Waals surface area (Å²) in [5, 5.41) is 14.2. The molecule has 0 aromatic carbocycles. The van der Waals surface area contributed by atoms with Gasteiger partial charge < -0.3 is 20.5 Å². The highest BCUT2D eigenvalue weighted by Gasteiger charge is 2.21. The molecule has 1 aliphatic heterocycles. The Bertz CT molecular complexity index is 325. The van der Waals surface area contributed by atoms with Crippen LogP contribution in [0.1, 0.15) is 52.4 Å². The lowest BCUT2D eigenvalue weighted by atomic mass is 9.99. The first kappa shape index (κ1) is 16.8. The molecule has 1 heterocycles. The topological polar surface area (TPSA) is 87.7 Å². The lowest BCUT2D eigenvalue weighted by Gasteiger charge is -2.26. The van der Waals surface area contributed by atoms with Crippen LogP contribution in [0.2, 0.25) is 0 Å². The molecule has 1 aliphatic rings. The summed E-state index contributed by atoms with van der Waals surface area (Å²) in [6, 6.07) is -0.254. The summed E-state index contributed by atoms with van der Waals surface area (Å²) in [5.74, 6) is -0.852. The highest BCUT2D eigenvalue weighted by Crippen LogP contribution is 2.15. The number of amides is 2. The summed E-state index contributed by atoms with van der Waals surface area (Å²) in [5.41, 5.74) is -0.524. The number of carbonyl (C=O) groups is 2. The molecule has 1 fully saturated rings. The highest BCUT2D eigenvalue weighted by molar-refractivity contribution is 5.74. The Morgan fingerprint density at radius 1 is 1.35 bits per heavy atom. The van der Waals surface area contributed by atoms with Gasteiger partial charge in [0.15, 0.2) is 0 Å². The van der Waals surface area contributed by atoms with Crippen molar-refractivity contribution in [2.45, 2.75) is 64.0 Å². The summed E-state index contributed by atoms with van der Waals surface area (Å²) in [4.78, 5) is 22.3. The zero-order valence-electron chi connectivity index (χ0n) is 12.4. The summed E-state index contributed by atoms with van der Waals surface area (Å²) >= 11 is 0. The quantitative estimate of drug-likeness (QED) is 0.667. The van der Waals surface area contributed by atoms with Gasteiger partial charge in [-0.3, -0.25) is 4.79 Å². The summed E-state index contributed by atoms with van der Waals surface area (Å²) < 4.78 is 5.59. The molecule has 116 valence electrons. The largest absolute Gasteiger partial charge is 0.481 e. The zero-order valence-corrected chi connectivity index (χ0v) is 12.4. The average Bonchev–Trinajstić information content (AvgIpc) is 2.37. The van der Waals surface area contributed by atoms with Crippen molar-refractivity contribution in [3.63, 3.8) is 0 Å². The monoisotopic (exact) mass is 286 g/mol. The Balaban J connectivity index is 2.16. The predicted molar refractivity (Wildman–Crippen MR) is 75.7 cm³/mol. The molecule has 0 radical (unpaired) electrons. The number of carboxylic acid groups (broad SMARTS) is 1. The average molecular weight is 286 g/mol. The minimum absolute atomic E-state index is 0.0448. The molecule has 1 saturated heterocycles. The van der Waals surface area contributed by atoms with Gasteiger partial charge in [-0.25, -0.2) is 4.79 Å². The van der Waals surface area contributed by atoms with Crippen molar-refractivity contribution < 1.29 is 19.4 Å². The second kappa shape index (κ2) is 8.09. The number of ether oxygens (including phenoxy) is 1. The van der Waals surface area contributed by atoms with Crippen LogP contribution in [0, 0.1) is 0 Å². The molecule has 6 nitrogen and oxygen atoms in total. The van der Waals surface area contributed by atoms with E-state index < -0.39 is 11.5 Å². The molecule has 20 heavy (non-hydrogen) atoms. The van der Waals surface area contributed by atoms with Crippen molar-refractivity contribution in [1.82, 2.24) is 10.6 Å². The van der Waals surface area contributed by atoms with Crippen LogP contribution >= 0.6 is 0 Å². The molecule has 0 aromatic rings.